The van der Waals surface area contributed by atoms with Crippen molar-refractivity contribution in [2.24, 2.45) is 4.99 Å². The largest absolute Gasteiger partial charge is 0.338 e. The highest BCUT2D eigenvalue weighted by atomic mass is 35.5. The summed E-state index contributed by atoms with van der Waals surface area (Å²) in [6.45, 7) is 2.55. The quantitative estimate of drug-likeness (QED) is 0.572. The molecule has 0 aliphatic carbocycles. The first kappa shape index (κ1) is 19.2. The van der Waals surface area contributed by atoms with Gasteiger partial charge in [0.05, 0.1) is 21.3 Å². The minimum Gasteiger partial charge on any atom is -0.338 e. The third-order valence-corrected chi connectivity index (χ3v) is 6.83. The number of rotatable bonds is 3. The second-order valence-electron chi connectivity index (χ2n) is 6.19. The van der Waals surface area contributed by atoms with Crippen LogP contribution in [-0.2, 0) is 4.79 Å². The summed E-state index contributed by atoms with van der Waals surface area (Å²) >= 11 is 9.19. The van der Waals surface area contributed by atoms with E-state index in [4.69, 9.17) is 11.6 Å². The van der Waals surface area contributed by atoms with Gasteiger partial charge in [-0.1, -0.05) is 41.6 Å². The van der Waals surface area contributed by atoms with Crippen LogP contribution >= 0.6 is 35.1 Å². The number of hydrogen-bond acceptors (Lipinski definition) is 5. The molecule has 0 aromatic heterocycles. The maximum atomic E-state index is 12.8. The lowest BCUT2D eigenvalue weighted by Gasteiger charge is -2.13. The monoisotopic (exact) mass is 427 g/mol. The van der Waals surface area contributed by atoms with Crippen molar-refractivity contribution in [2.75, 3.05) is 18.5 Å². The topological polar surface area (TPSA) is 35.9 Å². The summed E-state index contributed by atoms with van der Waals surface area (Å²) < 4.78 is 0. The molecule has 4 nitrogen and oxygen atoms in total. The van der Waals surface area contributed by atoms with Crippen molar-refractivity contribution in [1.82, 2.24) is 4.90 Å². The fourth-order valence-electron chi connectivity index (χ4n) is 2.93. The minimum atomic E-state index is -0.00904. The molecular weight excluding hydrogens is 410 g/mol. The van der Waals surface area contributed by atoms with Crippen LogP contribution in [0.3, 0.4) is 0 Å². The number of para-hydroxylation sites is 1. The van der Waals surface area contributed by atoms with Crippen molar-refractivity contribution in [1.29, 1.82) is 0 Å². The number of fused-ring (bicyclic) bond motifs is 1. The maximum Gasteiger partial charge on any atom is 0.266 e. The van der Waals surface area contributed by atoms with Gasteiger partial charge in [0.15, 0.2) is 5.17 Å². The molecule has 0 atom stereocenters. The first-order chi connectivity index (χ1) is 13.6. The third kappa shape index (κ3) is 3.72. The lowest BCUT2D eigenvalue weighted by molar-refractivity contribution is -0.122. The fraction of sp³-hybridized carbons (Fsp3) is 0.143. The van der Waals surface area contributed by atoms with E-state index in [1.807, 2.05) is 74.7 Å². The van der Waals surface area contributed by atoms with Crippen molar-refractivity contribution in [2.45, 2.75) is 11.8 Å². The standard InChI is InChI=1S/C21H18ClN3OS2/c1-3-25-20(26)18(28-21(25)23-15-7-5-4-6-8-15)11-12-19-24(2)16-13-14(22)9-10-17(16)27-19/h4-13H,3H2,1-2H3/b18-11-,19-12+,23-21?. The number of thioether (sulfide) groups is 2. The van der Waals surface area contributed by atoms with E-state index in [2.05, 4.69) is 9.89 Å². The zero-order valence-electron chi connectivity index (χ0n) is 15.4. The predicted octanol–water partition coefficient (Wildman–Crippen LogP) is 5.89. The average Bonchev–Trinajstić information content (AvgIpc) is 3.17. The number of amides is 1. The maximum absolute atomic E-state index is 12.8. The summed E-state index contributed by atoms with van der Waals surface area (Å²) in [5, 5.41) is 2.48. The van der Waals surface area contributed by atoms with Gasteiger partial charge in [-0.25, -0.2) is 4.99 Å². The van der Waals surface area contributed by atoms with Crippen LogP contribution in [0.15, 0.2) is 80.5 Å². The third-order valence-electron chi connectivity index (χ3n) is 4.39. The SMILES string of the molecule is CCN1C(=O)/C(=C/C=C2/Sc3ccc(Cl)cc3N2C)SC1=Nc1ccccc1. The number of nitrogens with zero attached hydrogens (tertiary/aromatic N) is 3. The van der Waals surface area contributed by atoms with E-state index in [1.54, 1.807) is 16.7 Å². The van der Waals surface area contributed by atoms with Gasteiger partial charge in [0.1, 0.15) is 0 Å². The Hall–Kier alpha value is -2.15. The molecule has 0 radical (unpaired) electrons. The minimum absolute atomic E-state index is 0.00904. The lowest BCUT2D eigenvalue weighted by Crippen LogP contribution is -2.28. The molecule has 2 aromatic carbocycles. The summed E-state index contributed by atoms with van der Waals surface area (Å²) in [4.78, 5) is 23.0. The molecule has 0 bridgehead atoms. The number of likely N-dealkylation sites (N-methyl/N-ethyl adjacent to an activating group) is 1. The van der Waals surface area contributed by atoms with E-state index in [9.17, 15) is 4.79 Å². The Balaban J connectivity index is 1.59. The Morgan fingerprint density at radius 1 is 1.11 bits per heavy atom. The van der Waals surface area contributed by atoms with E-state index in [0.717, 1.165) is 21.3 Å². The number of carbonyl (C=O) groups is 1. The van der Waals surface area contributed by atoms with Crippen molar-refractivity contribution in [3.05, 3.63) is 75.6 Å². The number of carbonyl (C=O) groups excluding carboxylic acids is 1. The molecule has 28 heavy (non-hydrogen) atoms. The van der Waals surface area contributed by atoms with Crippen molar-refractivity contribution in [3.63, 3.8) is 0 Å². The Bertz CT molecular complexity index is 1020. The molecule has 0 unspecified atom stereocenters. The van der Waals surface area contributed by atoms with Gasteiger partial charge in [-0.05, 0) is 61.2 Å². The van der Waals surface area contributed by atoms with Crippen molar-refractivity contribution >= 4 is 57.6 Å². The highest BCUT2D eigenvalue weighted by Gasteiger charge is 2.32. The number of benzene rings is 2. The molecule has 0 N–H and O–H groups in total. The first-order valence-electron chi connectivity index (χ1n) is 8.83. The smallest absolute Gasteiger partial charge is 0.266 e. The number of hydrogen-bond donors (Lipinski definition) is 0. The summed E-state index contributed by atoms with van der Waals surface area (Å²) in [6, 6.07) is 15.6. The molecule has 0 saturated carbocycles. The van der Waals surface area contributed by atoms with E-state index in [1.165, 1.54) is 11.8 Å². The Morgan fingerprint density at radius 3 is 2.64 bits per heavy atom. The molecule has 2 aromatic rings. The van der Waals surface area contributed by atoms with Gasteiger partial charge in [0, 0.05) is 23.5 Å². The Morgan fingerprint density at radius 2 is 1.89 bits per heavy atom. The molecule has 7 heteroatoms. The zero-order chi connectivity index (χ0) is 19.7. The van der Waals surface area contributed by atoms with Crippen molar-refractivity contribution < 1.29 is 4.79 Å². The lowest BCUT2D eigenvalue weighted by atomic mass is 10.3. The zero-order valence-corrected chi connectivity index (χ0v) is 17.8. The van der Waals surface area contributed by atoms with Crippen molar-refractivity contribution in [3.8, 4) is 0 Å². The van der Waals surface area contributed by atoms with Gasteiger partial charge in [0.25, 0.3) is 5.91 Å². The Labute approximate surface area is 178 Å². The van der Waals surface area contributed by atoms with Gasteiger partial charge < -0.3 is 4.90 Å². The molecule has 4 rings (SSSR count). The van der Waals surface area contributed by atoms with Gasteiger partial charge >= 0.3 is 0 Å². The van der Waals surface area contributed by atoms with E-state index in [-0.39, 0.29) is 5.91 Å². The van der Waals surface area contributed by atoms with E-state index >= 15 is 0 Å². The molecule has 0 spiro atoms. The summed E-state index contributed by atoms with van der Waals surface area (Å²) in [5.74, 6) is -0.00904. The number of amidine groups is 1. The van der Waals surface area contributed by atoms with Crippen LogP contribution in [-0.4, -0.2) is 29.6 Å². The molecular formula is C21H18ClN3OS2. The highest BCUT2D eigenvalue weighted by molar-refractivity contribution is 8.18. The first-order valence-corrected chi connectivity index (χ1v) is 10.8. The van der Waals surface area contributed by atoms with Crippen LogP contribution in [0, 0.1) is 0 Å². The average molecular weight is 428 g/mol. The molecule has 2 aliphatic heterocycles. The number of anilines is 1. The number of allylic oxidation sites excluding steroid dienone is 2. The molecule has 1 fully saturated rings. The summed E-state index contributed by atoms with van der Waals surface area (Å²) in [6.07, 6.45) is 3.87. The van der Waals surface area contributed by atoms with Crippen LogP contribution in [0.4, 0.5) is 11.4 Å². The second-order valence-corrected chi connectivity index (χ2v) is 8.70. The molecule has 1 saturated heterocycles. The molecule has 1 amide bonds. The van der Waals surface area contributed by atoms with Gasteiger partial charge in [-0.2, -0.15) is 0 Å². The normalized spacial score (nSPS) is 20.7. The van der Waals surface area contributed by atoms with E-state index < -0.39 is 0 Å². The summed E-state index contributed by atoms with van der Waals surface area (Å²) in [5.41, 5.74) is 1.92. The van der Waals surface area contributed by atoms with Gasteiger partial charge in [-0.3, -0.25) is 9.69 Å². The van der Waals surface area contributed by atoms with E-state index in [0.29, 0.717) is 21.6 Å². The fourth-order valence-corrected chi connectivity index (χ4v) is 5.13. The van der Waals surface area contributed by atoms with Crippen LogP contribution in [0.1, 0.15) is 6.92 Å². The number of halogens is 1. The second kappa shape index (κ2) is 8.07. The summed E-state index contributed by atoms with van der Waals surface area (Å²) in [7, 11) is 2.00. The Kier molecular flexibility index (Phi) is 5.53. The van der Waals surface area contributed by atoms with Crippen LogP contribution < -0.4 is 4.90 Å². The predicted molar refractivity (Wildman–Crippen MR) is 120 cm³/mol. The van der Waals surface area contributed by atoms with Gasteiger partial charge in [0.2, 0.25) is 0 Å². The number of aliphatic imine (C=N–C) groups is 1. The van der Waals surface area contributed by atoms with Gasteiger partial charge in [-0.15, -0.1) is 0 Å². The van der Waals surface area contributed by atoms with Crippen LogP contribution in [0.2, 0.25) is 5.02 Å². The highest BCUT2D eigenvalue weighted by Crippen LogP contribution is 2.46. The van der Waals surface area contributed by atoms with Crippen LogP contribution in [0.25, 0.3) is 0 Å². The van der Waals surface area contributed by atoms with Crippen LogP contribution in [0.5, 0.6) is 0 Å². The molecule has 2 heterocycles. The molecule has 142 valence electrons. The molecule has 2 aliphatic rings.